The molecule has 128 valence electrons. The second kappa shape index (κ2) is 9.54. The van der Waals surface area contributed by atoms with Gasteiger partial charge >= 0.3 is 0 Å². The lowest BCUT2D eigenvalue weighted by Crippen LogP contribution is -2.43. The Labute approximate surface area is 134 Å². The minimum absolute atomic E-state index is 0.174. The number of azo groups is 1. The van der Waals surface area contributed by atoms with Gasteiger partial charge in [0.15, 0.2) is 11.1 Å². The van der Waals surface area contributed by atoms with Gasteiger partial charge in [-0.2, -0.15) is 10.2 Å². The van der Waals surface area contributed by atoms with Crippen molar-refractivity contribution in [2.45, 2.75) is 78.3 Å². The maximum atomic E-state index is 12.1. The Morgan fingerprint density at radius 1 is 0.773 bits per heavy atom. The number of amides is 2. The van der Waals surface area contributed by atoms with Crippen LogP contribution in [0.15, 0.2) is 10.2 Å². The minimum Gasteiger partial charge on any atom is -0.354 e. The standard InChI is InChI=1S/C16H32N4O2/c1-7-9-11-17-13(21)15(3,4)19-20-16(5,6)14(22)18-12-10-8-2/h7-12H2,1-6H3,(H,17,21)(H,18,22)/b20-19-. The summed E-state index contributed by atoms with van der Waals surface area (Å²) in [6.07, 6.45) is 3.91. The van der Waals surface area contributed by atoms with Gasteiger partial charge in [-0.15, -0.1) is 0 Å². The molecule has 0 aromatic carbocycles. The van der Waals surface area contributed by atoms with Gasteiger partial charge < -0.3 is 10.6 Å². The molecule has 0 heterocycles. The number of nitrogens with one attached hydrogen (secondary N) is 2. The van der Waals surface area contributed by atoms with E-state index < -0.39 is 11.1 Å². The van der Waals surface area contributed by atoms with Crippen LogP contribution in [-0.4, -0.2) is 36.0 Å². The average molecular weight is 312 g/mol. The van der Waals surface area contributed by atoms with Crippen LogP contribution in [0.4, 0.5) is 0 Å². The van der Waals surface area contributed by atoms with E-state index in [1.807, 2.05) is 0 Å². The number of carbonyl (C=O) groups excluding carboxylic acids is 2. The van der Waals surface area contributed by atoms with Crippen LogP contribution in [0.5, 0.6) is 0 Å². The Balaban J connectivity index is 4.62. The number of nitrogens with zero attached hydrogens (tertiary/aromatic N) is 2. The molecule has 0 aliphatic rings. The molecule has 0 fully saturated rings. The first-order chi connectivity index (χ1) is 10.2. The normalized spacial score (nSPS) is 12.5. The first-order valence-electron chi connectivity index (χ1n) is 8.18. The lowest BCUT2D eigenvalue weighted by molar-refractivity contribution is -0.127. The second-order valence-electron chi connectivity index (χ2n) is 6.54. The van der Waals surface area contributed by atoms with Gasteiger partial charge in [-0.05, 0) is 40.5 Å². The fourth-order valence-electron chi connectivity index (χ4n) is 1.53. The SMILES string of the molecule is CCCCNC(=O)C(C)(C)/N=N\C(C)(C)C(=O)NCCCC. The number of hydrogen-bond donors (Lipinski definition) is 2. The minimum atomic E-state index is -0.977. The van der Waals surface area contributed by atoms with Crippen LogP contribution in [0.3, 0.4) is 0 Å². The molecule has 0 aromatic rings. The molecular formula is C16H32N4O2. The monoisotopic (exact) mass is 312 g/mol. The third-order valence-electron chi connectivity index (χ3n) is 3.29. The largest absolute Gasteiger partial charge is 0.354 e. The Hall–Kier alpha value is -1.46. The second-order valence-corrected chi connectivity index (χ2v) is 6.54. The molecule has 0 unspecified atom stereocenters. The van der Waals surface area contributed by atoms with Crippen molar-refractivity contribution in [2.75, 3.05) is 13.1 Å². The van der Waals surface area contributed by atoms with Gasteiger partial charge in [0.25, 0.3) is 0 Å². The highest BCUT2D eigenvalue weighted by Gasteiger charge is 2.31. The molecule has 0 atom stereocenters. The quantitative estimate of drug-likeness (QED) is 0.480. The zero-order chi connectivity index (χ0) is 17.2. The van der Waals surface area contributed by atoms with Gasteiger partial charge in [0, 0.05) is 13.1 Å². The van der Waals surface area contributed by atoms with E-state index in [2.05, 4.69) is 34.7 Å². The molecule has 6 nitrogen and oxygen atoms in total. The predicted octanol–water partition coefficient (Wildman–Crippen LogP) is 2.83. The fourth-order valence-corrected chi connectivity index (χ4v) is 1.53. The topological polar surface area (TPSA) is 82.9 Å². The number of carbonyl (C=O) groups is 2. The molecule has 0 aliphatic carbocycles. The molecule has 0 saturated heterocycles. The summed E-state index contributed by atoms with van der Waals surface area (Å²) in [6, 6.07) is 0. The van der Waals surface area contributed by atoms with Gasteiger partial charge in [-0.3, -0.25) is 9.59 Å². The van der Waals surface area contributed by atoms with Crippen LogP contribution in [0.2, 0.25) is 0 Å². The molecule has 0 rings (SSSR count). The predicted molar refractivity (Wildman–Crippen MR) is 88.8 cm³/mol. The smallest absolute Gasteiger partial charge is 0.249 e. The maximum absolute atomic E-state index is 12.1. The third-order valence-corrected chi connectivity index (χ3v) is 3.29. The van der Waals surface area contributed by atoms with Crippen molar-refractivity contribution < 1.29 is 9.59 Å². The molecule has 0 aliphatic heterocycles. The van der Waals surface area contributed by atoms with Crippen LogP contribution in [-0.2, 0) is 9.59 Å². The summed E-state index contributed by atoms with van der Waals surface area (Å²) >= 11 is 0. The van der Waals surface area contributed by atoms with Crippen molar-refractivity contribution in [3.63, 3.8) is 0 Å². The van der Waals surface area contributed by atoms with Gasteiger partial charge in [0.05, 0.1) is 0 Å². The number of unbranched alkanes of at least 4 members (excludes halogenated alkanes) is 2. The molecular weight excluding hydrogens is 280 g/mol. The van der Waals surface area contributed by atoms with E-state index in [9.17, 15) is 9.59 Å². The molecule has 22 heavy (non-hydrogen) atoms. The summed E-state index contributed by atoms with van der Waals surface area (Å²) < 4.78 is 0. The first kappa shape index (κ1) is 20.5. The highest BCUT2D eigenvalue weighted by Crippen LogP contribution is 2.16. The van der Waals surface area contributed by atoms with E-state index in [0.29, 0.717) is 13.1 Å². The lowest BCUT2D eigenvalue weighted by atomic mass is 10.0. The summed E-state index contributed by atoms with van der Waals surface area (Å²) in [4.78, 5) is 24.1. The van der Waals surface area contributed by atoms with Crippen molar-refractivity contribution in [1.82, 2.24) is 10.6 Å². The van der Waals surface area contributed by atoms with E-state index in [0.717, 1.165) is 25.7 Å². The van der Waals surface area contributed by atoms with E-state index in [1.54, 1.807) is 27.7 Å². The van der Waals surface area contributed by atoms with Crippen LogP contribution in [0.25, 0.3) is 0 Å². The van der Waals surface area contributed by atoms with Crippen molar-refractivity contribution in [2.24, 2.45) is 10.2 Å². The molecule has 0 radical (unpaired) electrons. The fraction of sp³-hybridized carbons (Fsp3) is 0.875. The molecule has 0 aromatic heterocycles. The van der Waals surface area contributed by atoms with Crippen LogP contribution < -0.4 is 10.6 Å². The van der Waals surface area contributed by atoms with Crippen LogP contribution in [0, 0.1) is 0 Å². The summed E-state index contributed by atoms with van der Waals surface area (Å²) in [5.41, 5.74) is -1.95. The van der Waals surface area contributed by atoms with E-state index in [-0.39, 0.29) is 11.8 Å². The average Bonchev–Trinajstić information content (AvgIpc) is 2.45. The third kappa shape index (κ3) is 7.52. The number of hydrogen-bond acceptors (Lipinski definition) is 4. The first-order valence-corrected chi connectivity index (χ1v) is 8.18. The zero-order valence-corrected chi connectivity index (χ0v) is 15.0. The van der Waals surface area contributed by atoms with Gasteiger partial charge in [0.1, 0.15) is 0 Å². The van der Waals surface area contributed by atoms with Gasteiger partial charge in [0.2, 0.25) is 11.8 Å². The van der Waals surface area contributed by atoms with Crippen molar-refractivity contribution in [3.05, 3.63) is 0 Å². The maximum Gasteiger partial charge on any atom is 0.249 e. The molecule has 0 saturated carbocycles. The van der Waals surface area contributed by atoms with E-state index in [1.165, 1.54) is 0 Å². The molecule has 6 heteroatoms. The summed E-state index contributed by atoms with van der Waals surface area (Å²) in [5.74, 6) is -0.348. The number of rotatable bonds is 10. The molecule has 2 N–H and O–H groups in total. The molecule has 0 bridgehead atoms. The van der Waals surface area contributed by atoms with Gasteiger partial charge in [-0.1, -0.05) is 26.7 Å². The van der Waals surface area contributed by atoms with Crippen LogP contribution in [0.1, 0.15) is 67.2 Å². The van der Waals surface area contributed by atoms with Gasteiger partial charge in [-0.25, -0.2) is 0 Å². The van der Waals surface area contributed by atoms with Crippen molar-refractivity contribution in [1.29, 1.82) is 0 Å². The summed E-state index contributed by atoms with van der Waals surface area (Å²) in [7, 11) is 0. The highest BCUT2D eigenvalue weighted by molar-refractivity contribution is 5.86. The Bertz CT molecular complexity index is 354. The Morgan fingerprint density at radius 2 is 1.09 bits per heavy atom. The Morgan fingerprint density at radius 3 is 1.36 bits per heavy atom. The Kier molecular flexibility index (Phi) is 8.90. The van der Waals surface area contributed by atoms with E-state index in [4.69, 9.17) is 0 Å². The zero-order valence-electron chi connectivity index (χ0n) is 15.0. The molecule has 0 spiro atoms. The van der Waals surface area contributed by atoms with Crippen molar-refractivity contribution in [3.8, 4) is 0 Å². The summed E-state index contributed by atoms with van der Waals surface area (Å²) in [6.45, 7) is 12.2. The van der Waals surface area contributed by atoms with E-state index >= 15 is 0 Å². The molecule has 2 amide bonds. The van der Waals surface area contributed by atoms with Crippen LogP contribution >= 0.6 is 0 Å². The highest BCUT2D eigenvalue weighted by atomic mass is 16.2. The van der Waals surface area contributed by atoms with Crippen molar-refractivity contribution >= 4 is 11.8 Å². The summed E-state index contributed by atoms with van der Waals surface area (Å²) in [5, 5.41) is 13.9. The lowest BCUT2D eigenvalue weighted by Gasteiger charge is -2.22.